The van der Waals surface area contributed by atoms with E-state index in [0.29, 0.717) is 5.69 Å². The summed E-state index contributed by atoms with van der Waals surface area (Å²) in [5.74, 6) is -0.0833. The highest BCUT2D eigenvalue weighted by atomic mass is 16.6. The Bertz CT molecular complexity index is 471. The minimum atomic E-state index is -0.464. The van der Waals surface area contributed by atoms with Gasteiger partial charge in [-0.3, -0.25) is 10.1 Å². The molecule has 6 nitrogen and oxygen atoms in total. The SMILES string of the molecule is CCCN1CCC(Nc2ccc(O)cc2[N+](=O)[O-])CC1. The molecule has 0 radical (unpaired) electrons. The number of hydrogen-bond donors (Lipinski definition) is 2. The average molecular weight is 279 g/mol. The predicted octanol–water partition coefficient (Wildman–Crippen LogP) is 2.59. The molecule has 1 heterocycles. The standard InChI is InChI=1S/C14H21N3O3/c1-2-7-16-8-5-11(6-9-16)15-13-4-3-12(18)10-14(13)17(19)20/h3-4,10-11,15,18H,2,5-9H2,1H3. The fourth-order valence-electron chi connectivity index (χ4n) is 2.63. The molecular weight excluding hydrogens is 258 g/mol. The molecule has 2 rings (SSSR count). The van der Waals surface area contributed by atoms with E-state index in [1.807, 2.05) is 0 Å². The van der Waals surface area contributed by atoms with Crippen molar-refractivity contribution in [3.05, 3.63) is 28.3 Å². The normalized spacial score (nSPS) is 17.1. The third kappa shape index (κ3) is 3.60. The number of nitro benzene ring substituents is 1. The van der Waals surface area contributed by atoms with Gasteiger partial charge in [-0.15, -0.1) is 0 Å². The summed E-state index contributed by atoms with van der Waals surface area (Å²) in [6.45, 7) is 5.34. The Morgan fingerprint density at radius 3 is 2.75 bits per heavy atom. The van der Waals surface area contributed by atoms with Crippen LogP contribution in [0, 0.1) is 10.1 Å². The summed E-state index contributed by atoms with van der Waals surface area (Å²) in [5, 5.41) is 23.6. The van der Waals surface area contributed by atoms with E-state index in [1.54, 1.807) is 6.07 Å². The van der Waals surface area contributed by atoms with Crippen LogP contribution in [0.2, 0.25) is 0 Å². The van der Waals surface area contributed by atoms with E-state index in [9.17, 15) is 15.2 Å². The predicted molar refractivity (Wildman–Crippen MR) is 78.1 cm³/mol. The molecule has 110 valence electrons. The fraction of sp³-hybridized carbons (Fsp3) is 0.571. The molecule has 6 heteroatoms. The zero-order valence-electron chi connectivity index (χ0n) is 11.7. The highest BCUT2D eigenvalue weighted by Crippen LogP contribution is 2.30. The van der Waals surface area contributed by atoms with Gasteiger partial charge >= 0.3 is 0 Å². The molecule has 1 aliphatic heterocycles. The van der Waals surface area contributed by atoms with Crippen molar-refractivity contribution in [1.82, 2.24) is 4.90 Å². The molecule has 0 spiro atoms. The molecular formula is C14H21N3O3. The van der Waals surface area contributed by atoms with Gasteiger partial charge in [-0.1, -0.05) is 6.92 Å². The largest absolute Gasteiger partial charge is 0.508 e. The lowest BCUT2D eigenvalue weighted by atomic mass is 10.0. The number of nitrogens with zero attached hydrogens (tertiary/aromatic N) is 2. The van der Waals surface area contributed by atoms with Crippen molar-refractivity contribution in [3.63, 3.8) is 0 Å². The second kappa shape index (κ2) is 6.56. The Labute approximate surface area is 118 Å². The zero-order chi connectivity index (χ0) is 14.5. The number of rotatable bonds is 5. The number of anilines is 1. The van der Waals surface area contributed by atoms with Gasteiger partial charge in [0.25, 0.3) is 5.69 Å². The van der Waals surface area contributed by atoms with E-state index in [0.717, 1.165) is 38.9 Å². The summed E-state index contributed by atoms with van der Waals surface area (Å²) in [6, 6.07) is 4.49. The second-order valence-electron chi connectivity index (χ2n) is 5.22. The van der Waals surface area contributed by atoms with Crippen LogP contribution in [0.4, 0.5) is 11.4 Å². The smallest absolute Gasteiger partial charge is 0.296 e. The minimum Gasteiger partial charge on any atom is -0.508 e. The summed E-state index contributed by atoms with van der Waals surface area (Å²) in [6.07, 6.45) is 3.12. The lowest BCUT2D eigenvalue weighted by Crippen LogP contribution is -2.39. The van der Waals surface area contributed by atoms with Gasteiger partial charge in [0.2, 0.25) is 0 Å². The molecule has 1 aliphatic rings. The van der Waals surface area contributed by atoms with E-state index in [-0.39, 0.29) is 17.5 Å². The third-order valence-electron chi connectivity index (χ3n) is 3.67. The van der Waals surface area contributed by atoms with Crippen molar-refractivity contribution in [1.29, 1.82) is 0 Å². The maximum Gasteiger partial charge on any atom is 0.296 e. The van der Waals surface area contributed by atoms with Crippen molar-refractivity contribution >= 4 is 11.4 Å². The maximum atomic E-state index is 11.0. The van der Waals surface area contributed by atoms with Crippen molar-refractivity contribution in [2.75, 3.05) is 25.0 Å². The highest BCUT2D eigenvalue weighted by Gasteiger charge is 2.22. The van der Waals surface area contributed by atoms with Crippen LogP contribution in [0.5, 0.6) is 5.75 Å². The first-order valence-corrected chi connectivity index (χ1v) is 7.06. The van der Waals surface area contributed by atoms with Crippen molar-refractivity contribution in [2.45, 2.75) is 32.2 Å². The monoisotopic (exact) mass is 279 g/mol. The lowest BCUT2D eigenvalue weighted by molar-refractivity contribution is -0.384. The number of phenolic OH excluding ortho intramolecular Hbond substituents is 1. The Hall–Kier alpha value is -1.82. The number of aromatic hydroxyl groups is 1. The van der Waals surface area contributed by atoms with Crippen molar-refractivity contribution < 1.29 is 10.0 Å². The first kappa shape index (κ1) is 14.6. The van der Waals surface area contributed by atoms with Gasteiger partial charge in [-0.05, 0) is 37.9 Å². The maximum absolute atomic E-state index is 11.0. The van der Waals surface area contributed by atoms with Crippen molar-refractivity contribution in [3.8, 4) is 5.75 Å². The highest BCUT2D eigenvalue weighted by molar-refractivity contribution is 5.64. The number of piperidine rings is 1. The van der Waals surface area contributed by atoms with Crippen LogP contribution in [0.3, 0.4) is 0 Å². The van der Waals surface area contributed by atoms with Crippen LogP contribution < -0.4 is 5.32 Å². The first-order chi connectivity index (χ1) is 9.60. The van der Waals surface area contributed by atoms with Crippen LogP contribution in [0.1, 0.15) is 26.2 Å². The molecule has 0 aromatic heterocycles. The van der Waals surface area contributed by atoms with Crippen LogP contribution in [0.15, 0.2) is 18.2 Å². The summed E-state index contributed by atoms with van der Waals surface area (Å²) < 4.78 is 0. The van der Waals surface area contributed by atoms with Crippen LogP contribution >= 0.6 is 0 Å². The van der Waals surface area contributed by atoms with Crippen LogP contribution in [-0.2, 0) is 0 Å². The number of nitrogens with one attached hydrogen (secondary N) is 1. The minimum absolute atomic E-state index is 0.0685. The molecule has 0 aliphatic carbocycles. The van der Waals surface area contributed by atoms with Crippen molar-refractivity contribution in [2.24, 2.45) is 0 Å². The summed E-state index contributed by atoms with van der Waals surface area (Å²) >= 11 is 0. The van der Waals surface area contributed by atoms with E-state index in [4.69, 9.17) is 0 Å². The van der Waals surface area contributed by atoms with Gasteiger partial charge in [-0.25, -0.2) is 0 Å². The second-order valence-corrected chi connectivity index (χ2v) is 5.22. The summed E-state index contributed by atoms with van der Waals surface area (Å²) in [5.41, 5.74) is 0.419. The number of phenols is 1. The number of hydrogen-bond acceptors (Lipinski definition) is 5. The Kier molecular flexibility index (Phi) is 4.79. The molecule has 0 bridgehead atoms. The number of nitro groups is 1. The number of benzene rings is 1. The van der Waals surface area contributed by atoms with Gasteiger partial charge in [-0.2, -0.15) is 0 Å². The molecule has 2 N–H and O–H groups in total. The molecule has 0 amide bonds. The molecule has 20 heavy (non-hydrogen) atoms. The van der Waals surface area contributed by atoms with Gasteiger partial charge in [0, 0.05) is 19.1 Å². The Morgan fingerprint density at radius 2 is 2.15 bits per heavy atom. The topological polar surface area (TPSA) is 78.6 Å². The van der Waals surface area contributed by atoms with Gasteiger partial charge in [0.1, 0.15) is 11.4 Å². The van der Waals surface area contributed by atoms with E-state index >= 15 is 0 Å². The Balaban J connectivity index is 1.99. The van der Waals surface area contributed by atoms with Gasteiger partial charge in [0.15, 0.2) is 0 Å². The average Bonchev–Trinajstić information content (AvgIpc) is 2.43. The molecule has 1 fully saturated rings. The molecule has 0 saturated carbocycles. The first-order valence-electron chi connectivity index (χ1n) is 7.06. The third-order valence-corrected chi connectivity index (χ3v) is 3.67. The van der Waals surface area contributed by atoms with E-state index in [1.165, 1.54) is 12.1 Å². The molecule has 0 unspecified atom stereocenters. The molecule has 1 saturated heterocycles. The summed E-state index contributed by atoms with van der Waals surface area (Å²) in [7, 11) is 0. The fourth-order valence-corrected chi connectivity index (χ4v) is 2.63. The van der Waals surface area contributed by atoms with E-state index < -0.39 is 4.92 Å². The summed E-state index contributed by atoms with van der Waals surface area (Å²) in [4.78, 5) is 13.0. The van der Waals surface area contributed by atoms with Gasteiger partial charge in [0.05, 0.1) is 11.0 Å². The number of likely N-dealkylation sites (tertiary alicyclic amines) is 1. The quantitative estimate of drug-likeness (QED) is 0.492. The molecule has 1 aromatic rings. The zero-order valence-corrected chi connectivity index (χ0v) is 11.7. The van der Waals surface area contributed by atoms with E-state index in [2.05, 4.69) is 17.1 Å². The van der Waals surface area contributed by atoms with Crippen LogP contribution in [0.25, 0.3) is 0 Å². The van der Waals surface area contributed by atoms with Crippen LogP contribution in [-0.4, -0.2) is 40.6 Å². The molecule has 1 aromatic carbocycles. The lowest BCUT2D eigenvalue weighted by Gasteiger charge is -2.32. The molecule has 0 atom stereocenters. The Morgan fingerprint density at radius 1 is 1.45 bits per heavy atom. The van der Waals surface area contributed by atoms with Gasteiger partial charge < -0.3 is 15.3 Å².